The predicted molar refractivity (Wildman–Crippen MR) is 191 cm³/mol. The topological polar surface area (TPSA) is 55.4 Å². The van der Waals surface area contributed by atoms with Crippen molar-refractivity contribution in [1.82, 2.24) is 0 Å². The highest BCUT2D eigenvalue weighted by Crippen LogP contribution is 2.11. The van der Waals surface area contributed by atoms with E-state index in [4.69, 9.17) is 28.4 Å². The van der Waals surface area contributed by atoms with Crippen molar-refractivity contribution in [2.45, 2.75) is 199 Å². The zero-order chi connectivity index (χ0) is 23.9. The maximum absolute atomic E-state index is 5.64. The van der Waals surface area contributed by atoms with Crippen LogP contribution in [0.25, 0.3) is 0 Å². The molecule has 0 rings (SSSR count). The first kappa shape index (κ1) is 77.5. The summed E-state index contributed by atoms with van der Waals surface area (Å²) in [5, 5.41) is 0. The van der Waals surface area contributed by atoms with E-state index in [9.17, 15) is 0 Å². The molecule has 0 fully saturated rings. The molecule has 0 bridgehead atoms. The third-order valence-corrected chi connectivity index (χ3v) is 3.18. The summed E-state index contributed by atoms with van der Waals surface area (Å²) in [7, 11) is 0. The van der Waals surface area contributed by atoms with Gasteiger partial charge >= 0.3 is 0 Å². The van der Waals surface area contributed by atoms with Gasteiger partial charge in [0.2, 0.25) is 0 Å². The average molecular weight is 597 g/mol. The van der Waals surface area contributed by atoms with Gasteiger partial charge in [0, 0.05) is 13.2 Å². The van der Waals surface area contributed by atoms with Crippen LogP contribution in [0.3, 0.4) is 0 Å². The van der Waals surface area contributed by atoms with Gasteiger partial charge in [0.05, 0.1) is 22.4 Å². The number of unbranched alkanes of at least 4 members (excludes halogenated alkanes) is 2. The molecule has 0 saturated heterocycles. The molecule has 0 N–H and O–H groups in total. The van der Waals surface area contributed by atoms with Crippen molar-refractivity contribution in [2.75, 3.05) is 33.6 Å². The average Bonchev–Trinajstić information content (AvgIpc) is 2.49. The highest BCUT2D eigenvalue weighted by Gasteiger charge is 2.11. The van der Waals surface area contributed by atoms with E-state index in [2.05, 4.69) is 41.5 Å². The van der Waals surface area contributed by atoms with Crippen molar-refractivity contribution in [3.05, 3.63) is 0 Å². The molecule has 0 radical (unpaired) electrons. The summed E-state index contributed by atoms with van der Waals surface area (Å²) in [6.07, 6.45) is 3.45. The normalized spacial score (nSPS) is 9.90. The van der Waals surface area contributed by atoms with Crippen molar-refractivity contribution in [3.8, 4) is 0 Å². The van der Waals surface area contributed by atoms with Crippen molar-refractivity contribution < 1.29 is 28.4 Å². The first-order valence-electron chi connectivity index (χ1n) is 11.1. The fourth-order valence-corrected chi connectivity index (χ4v) is 1.70. The second-order valence-electron chi connectivity index (χ2n) is 11.3. The molecule has 0 aromatic carbocycles. The van der Waals surface area contributed by atoms with Gasteiger partial charge in [0.25, 0.3) is 0 Å². The monoisotopic (exact) mass is 597 g/mol. The molecule has 0 unspecified atom stereocenters. The van der Waals surface area contributed by atoms with Gasteiger partial charge in [-0.1, -0.05) is 74.3 Å². The van der Waals surface area contributed by atoms with Crippen molar-refractivity contribution in [3.63, 3.8) is 0 Å². The van der Waals surface area contributed by atoms with E-state index in [0.717, 1.165) is 26.1 Å². The Morgan fingerprint density at radius 2 is 0.525 bits per heavy atom. The van der Waals surface area contributed by atoms with Crippen LogP contribution in [-0.2, 0) is 28.4 Å². The minimum absolute atomic E-state index is 0. The zero-order valence-corrected chi connectivity index (χ0v) is 22.1. The molecule has 0 aliphatic carbocycles. The second-order valence-corrected chi connectivity index (χ2v) is 11.3. The number of hydrogen-bond acceptors (Lipinski definition) is 6. The third kappa shape index (κ3) is 90.4. The Balaban J connectivity index is -0.0000000314. The lowest BCUT2D eigenvalue weighted by Gasteiger charge is -2.20. The molecule has 40 heavy (non-hydrogen) atoms. The Kier molecular flexibility index (Phi) is 75.1. The molecule has 0 saturated carbocycles. The summed E-state index contributed by atoms with van der Waals surface area (Å²) >= 11 is 0. The van der Waals surface area contributed by atoms with Crippen LogP contribution >= 0.6 is 0 Å². The van der Waals surface area contributed by atoms with Gasteiger partial charge in [0.1, 0.15) is 13.6 Å². The van der Waals surface area contributed by atoms with Crippen molar-refractivity contribution in [2.24, 2.45) is 0 Å². The van der Waals surface area contributed by atoms with E-state index in [0.29, 0.717) is 0 Å². The van der Waals surface area contributed by atoms with Crippen LogP contribution < -0.4 is 0 Å². The zero-order valence-electron chi connectivity index (χ0n) is 22.1. The van der Waals surface area contributed by atoms with Crippen LogP contribution in [0, 0.1) is 0 Å². The van der Waals surface area contributed by atoms with Gasteiger partial charge < -0.3 is 28.4 Å². The standard InChI is InChI=1S/C13H28O2.C11H24O4.10CH4/c1-12(2,3)14-10-8-7-9-11-15-13(4,5)6;1-10(2,3)14-8-12-7-13-9-15-11(4,5)6;;;;;;;;;;/h7-11H2,1-6H3;7-9H2,1-6H3;10*1H4. The van der Waals surface area contributed by atoms with Gasteiger partial charge in [0.15, 0.2) is 6.79 Å². The Hall–Kier alpha value is -0.240. The Morgan fingerprint density at radius 1 is 0.300 bits per heavy atom. The molecule has 0 aromatic heterocycles. The van der Waals surface area contributed by atoms with Crippen molar-refractivity contribution in [1.29, 1.82) is 0 Å². The molecule has 0 aromatic rings. The van der Waals surface area contributed by atoms with Crippen LogP contribution in [0.15, 0.2) is 0 Å². The molecular formula is C34H92O6. The van der Waals surface area contributed by atoms with Gasteiger partial charge in [-0.05, 0) is 102 Å². The summed E-state index contributed by atoms with van der Waals surface area (Å²) in [6, 6.07) is 0. The number of rotatable bonds is 12. The Morgan fingerprint density at radius 3 is 0.725 bits per heavy atom. The molecule has 0 spiro atoms. The van der Waals surface area contributed by atoms with E-state index in [1.54, 1.807) is 0 Å². The summed E-state index contributed by atoms with van der Waals surface area (Å²) in [4.78, 5) is 0. The lowest BCUT2D eigenvalue weighted by molar-refractivity contribution is -0.206. The highest BCUT2D eigenvalue weighted by atomic mass is 16.8. The summed E-state index contributed by atoms with van der Waals surface area (Å²) in [6.45, 7) is 26.8. The summed E-state index contributed by atoms with van der Waals surface area (Å²) in [5.41, 5.74) is -0.354. The summed E-state index contributed by atoms with van der Waals surface area (Å²) in [5.74, 6) is 0. The second kappa shape index (κ2) is 38.8. The Bertz CT molecular complexity index is 311. The smallest absolute Gasteiger partial charge is 0.152 e. The van der Waals surface area contributed by atoms with E-state index in [1.165, 1.54) is 6.42 Å². The molecule has 264 valence electrons. The molecule has 0 aliphatic rings. The van der Waals surface area contributed by atoms with Crippen LogP contribution in [0.2, 0.25) is 0 Å². The van der Waals surface area contributed by atoms with Crippen LogP contribution in [-0.4, -0.2) is 56.0 Å². The Labute approximate surface area is 261 Å². The van der Waals surface area contributed by atoms with Crippen molar-refractivity contribution >= 4 is 0 Å². The lowest BCUT2D eigenvalue weighted by atomic mass is 10.2. The molecule has 6 nitrogen and oxygen atoms in total. The fraction of sp³-hybridized carbons (Fsp3) is 1.00. The van der Waals surface area contributed by atoms with Gasteiger partial charge in [-0.15, -0.1) is 0 Å². The number of hydrogen-bond donors (Lipinski definition) is 0. The van der Waals surface area contributed by atoms with E-state index >= 15 is 0 Å². The highest BCUT2D eigenvalue weighted by molar-refractivity contribution is 4.60. The lowest BCUT2D eigenvalue weighted by Crippen LogP contribution is -2.23. The molecular weight excluding hydrogens is 504 g/mol. The SMILES string of the molecule is C.C.C.C.C.C.C.C.C.C.CC(C)(C)OCCCCCOC(C)(C)C.CC(C)(C)OCOCOCOC(C)(C)C. The van der Waals surface area contributed by atoms with Gasteiger partial charge in [-0.2, -0.15) is 0 Å². The maximum atomic E-state index is 5.64. The predicted octanol–water partition coefficient (Wildman–Crippen LogP) is 12.7. The third-order valence-electron chi connectivity index (χ3n) is 3.18. The molecule has 0 heterocycles. The van der Waals surface area contributed by atoms with Crippen LogP contribution in [0.4, 0.5) is 0 Å². The number of ether oxygens (including phenoxy) is 6. The van der Waals surface area contributed by atoms with E-state index in [1.807, 2.05) is 41.5 Å². The van der Waals surface area contributed by atoms with Crippen LogP contribution in [0.1, 0.15) is 177 Å². The van der Waals surface area contributed by atoms with Gasteiger partial charge in [-0.3, -0.25) is 0 Å². The molecule has 6 heteroatoms. The molecule has 0 atom stereocenters. The van der Waals surface area contributed by atoms with E-state index < -0.39 is 0 Å². The quantitative estimate of drug-likeness (QED) is 0.165. The maximum Gasteiger partial charge on any atom is 0.152 e. The minimum atomic E-state index is -0.179. The molecule has 0 aliphatic heterocycles. The minimum Gasteiger partial charge on any atom is -0.376 e. The van der Waals surface area contributed by atoms with Gasteiger partial charge in [-0.25, -0.2) is 0 Å². The molecule has 0 amide bonds. The first-order valence-corrected chi connectivity index (χ1v) is 11.1. The summed E-state index contributed by atoms with van der Waals surface area (Å²) < 4.78 is 32.1. The van der Waals surface area contributed by atoms with Crippen LogP contribution in [0.5, 0.6) is 0 Å². The fourth-order valence-electron chi connectivity index (χ4n) is 1.70. The first-order chi connectivity index (χ1) is 13.4. The van der Waals surface area contributed by atoms with E-state index in [-0.39, 0.29) is 117 Å². The largest absolute Gasteiger partial charge is 0.376 e.